The fourth-order valence-corrected chi connectivity index (χ4v) is 3.10. The molecule has 1 aliphatic carbocycles. The summed E-state index contributed by atoms with van der Waals surface area (Å²) >= 11 is 5.88. The van der Waals surface area contributed by atoms with E-state index in [1.54, 1.807) is 0 Å². The Kier molecular flexibility index (Phi) is 4.89. The first-order valence-electron chi connectivity index (χ1n) is 6.88. The summed E-state index contributed by atoms with van der Waals surface area (Å²) in [5.41, 5.74) is 2.45. The predicted octanol–water partition coefficient (Wildman–Crippen LogP) is 4.11. The summed E-state index contributed by atoms with van der Waals surface area (Å²) in [5.74, 6) is 1.08. The topological polar surface area (TPSA) is 32.3 Å². The zero-order valence-electron chi connectivity index (χ0n) is 11.6. The number of hydrogen-bond donors (Lipinski definition) is 2. The summed E-state index contributed by atoms with van der Waals surface area (Å²) in [5, 5.41) is 13.8. The van der Waals surface area contributed by atoms with E-state index in [1.165, 1.54) is 5.57 Å². The van der Waals surface area contributed by atoms with Gasteiger partial charge in [-0.3, -0.25) is 0 Å². The third-order valence-corrected chi connectivity index (χ3v) is 4.04. The number of anilines is 1. The molecular weight excluding hydrogens is 258 g/mol. The molecule has 0 saturated heterocycles. The van der Waals surface area contributed by atoms with E-state index in [1.807, 2.05) is 24.3 Å². The van der Waals surface area contributed by atoms with Crippen molar-refractivity contribution in [2.45, 2.75) is 32.7 Å². The highest BCUT2D eigenvalue weighted by Crippen LogP contribution is 2.31. The van der Waals surface area contributed by atoms with E-state index < -0.39 is 0 Å². The molecule has 0 radical (unpaired) electrons. The van der Waals surface area contributed by atoms with E-state index in [0.29, 0.717) is 11.8 Å². The third kappa shape index (κ3) is 3.99. The predicted molar refractivity (Wildman–Crippen MR) is 81.6 cm³/mol. The molecule has 0 heterocycles. The quantitative estimate of drug-likeness (QED) is 0.813. The molecule has 104 valence electrons. The van der Waals surface area contributed by atoms with Gasteiger partial charge in [0.15, 0.2) is 0 Å². The molecule has 0 fully saturated rings. The smallest absolute Gasteiger partial charge is 0.0635 e. The Morgan fingerprint density at radius 2 is 2.05 bits per heavy atom. The van der Waals surface area contributed by atoms with Gasteiger partial charge in [-0.05, 0) is 55.9 Å². The van der Waals surface area contributed by atoms with Crippen molar-refractivity contribution in [1.29, 1.82) is 0 Å². The number of halogens is 1. The lowest BCUT2D eigenvalue weighted by Gasteiger charge is -2.32. The van der Waals surface area contributed by atoms with Gasteiger partial charge < -0.3 is 10.4 Å². The molecule has 3 unspecified atom stereocenters. The molecule has 3 atom stereocenters. The van der Waals surface area contributed by atoms with E-state index in [9.17, 15) is 5.11 Å². The first-order chi connectivity index (χ1) is 9.08. The van der Waals surface area contributed by atoms with Crippen molar-refractivity contribution in [3.05, 3.63) is 40.9 Å². The van der Waals surface area contributed by atoms with Crippen LogP contribution in [-0.4, -0.2) is 17.8 Å². The number of nitrogens with one attached hydrogen (secondary N) is 1. The second-order valence-electron chi connectivity index (χ2n) is 5.63. The molecule has 2 nitrogen and oxygen atoms in total. The maximum atomic E-state index is 9.66. The zero-order valence-corrected chi connectivity index (χ0v) is 12.3. The lowest BCUT2D eigenvalue weighted by molar-refractivity contribution is 0.220. The van der Waals surface area contributed by atoms with Crippen LogP contribution in [0.3, 0.4) is 0 Å². The Balaban J connectivity index is 2.04. The lowest BCUT2D eigenvalue weighted by atomic mass is 9.79. The Bertz CT molecular complexity index is 441. The van der Waals surface area contributed by atoms with Gasteiger partial charge in [0.1, 0.15) is 0 Å². The number of allylic oxidation sites excluding steroid dienone is 2. The summed E-state index contributed by atoms with van der Waals surface area (Å²) in [6.45, 7) is 4.58. The fourth-order valence-electron chi connectivity index (χ4n) is 2.98. The van der Waals surface area contributed by atoms with Crippen molar-refractivity contribution in [2.75, 3.05) is 11.9 Å². The summed E-state index contributed by atoms with van der Waals surface area (Å²) < 4.78 is 0. The molecule has 2 rings (SSSR count). The van der Waals surface area contributed by atoms with Crippen molar-refractivity contribution < 1.29 is 5.11 Å². The van der Waals surface area contributed by atoms with E-state index in [4.69, 9.17) is 11.6 Å². The fraction of sp³-hybridized carbons (Fsp3) is 0.500. The SMILES string of the molecule is CC1=CC(C)CC(C(CO)Nc2ccc(Cl)cc2)C1. The summed E-state index contributed by atoms with van der Waals surface area (Å²) in [4.78, 5) is 0. The molecule has 19 heavy (non-hydrogen) atoms. The van der Waals surface area contributed by atoms with Crippen LogP contribution >= 0.6 is 11.6 Å². The average Bonchev–Trinajstić information content (AvgIpc) is 2.37. The molecule has 0 bridgehead atoms. The second-order valence-corrected chi connectivity index (χ2v) is 6.07. The average molecular weight is 280 g/mol. The molecule has 2 N–H and O–H groups in total. The highest BCUT2D eigenvalue weighted by Gasteiger charge is 2.25. The molecule has 0 amide bonds. The maximum absolute atomic E-state index is 9.66. The monoisotopic (exact) mass is 279 g/mol. The first-order valence-corrected chi connectivity index (χ1v) is 7.26. The van der Waals surface area contributed by atoms with Crippen LogP contribution in [-0.2, 0) is 0 Å². The molecule has 0 spiro atoms. The van der Waals surface area contributed by atoms with E-state index in [0.717, 1.165) is 23.6 Å². The van der Waals surface area contributed by atoms with E-state index in [2.05, 4.69) is 25.2 Å². The zero-order chi connectivity index (χ0) is 13.8. The van der Waals surface area contributed by atoms with Crippen LogP contribution in [0.2, 0.25) is 5.02 Å². The Labute approximate surface area is 120 Å². The largest absolute Gasteiger partial charge is 0.394 e. The Morgan fingerprint density at radius 3 is 2.63 bits per heavy atom. The second kappa shape index (κ2) is 6.44. The van der Waals surface area contributed by atoms with Crippen LogP contribution in [0.5, 0.6) is 0 Å². The summed E-state index contributed by atoms with van der Waals surface area (Å²) in [7, 11) is 0. The van der Waals surface area contributed by atoms with Gasteiger partial charge in [0.25, 0.3) is 0 Å². The highest BCUT2D eigenvalue weighted by atomic mass is 35.5. The van der Waals surface area contributed by atoms with Crippen molar-refractivity contribution in [2.24, 2.45) is 11.8 Å². The number of hydrogen-bond acceptors (Lipinski definition) is 2. The molecule has 0 saturated carbocycles. The minimum absolute atomic E-state index is 0.104. The Morgan fingerprint density at radius 1 is 1.37 bits per heavy atom. The molecule has 1 aliphatic rings. The molecular formula is C16H22ClNO. The molecule has 1 aromatic carbocycles. The Hall–Kier alpha value is -0.990. The van der Waals surface area contributed by atoms with Crippen molar-refractivity contribution in [3.8, 4) is 0 Å². The van der Waals surface area contributed by atoms with Gasteiger partial charge in [-0.25, -0.2) is 0 Å². The number of aliphatic hydroxyl groups is 1. The third-order valence-electron chi connectivity index (χ3n) is 3.79. The molecule has 3 heteroatoms. The van der Waals surface area contributed by atoms with Crippen LogP contribution in [0.4, 0.5) is 5.69 Å². The van der Waals surface area contributed by atoms with E-state index >= 15 is 0 Å². The summed E-state index contributed by atoms with van der Waals surface area (Å²) in [6, 6.07) is 7.76. The van der Waals surface area contributed by atoms with Gasteiger partial charge in [-0.15, -0.1) is 0 Å². The summed E-state index contributed by atoms with van der Waals surface area (Å²) in [6.07, 6.45) is 4.53. The van der Waals surface area contributed by atoms with Gasteiger partial charge in [0.05, 0.1) is 12.6 Å². The molecule has 0 aliphatic heterocycles. The normalized spacial score (nSPS) is 24.7. The number of rotatable bonds is 4. The van der Waals surface area contributed by atoms with Crippen LogP contribution in [0, 0.1) is 11.8 Å². The van der Waals surface area contributed by atoms with Gasteiger partial charge in [0, 0.05) is 10.7 Å². The maximum Gasteiger partial charge on any atom is 0.0635 e. The minimum atomic E-state index is 0.104. The number of benzene rings is 1. The van der Waals surface area contributed by atoms with Gasteiger partial charge in [0.2, 0.25) is 0 Å². The van der Waals surface area contributed by atoms with Crippen LogP contribution in [0.25, 0.3) is 0 Å². The lowest BCUT2D eigenvalue weighted by Crippen LogP contribution is -2.35. The van der Waals surface area contributed by atoms with Gasteiger partial charge in [-0.2, -0.15) is 0 Å². The van der Waals surface area contributed by atoms with Crippen LogP contribution in [0.1, 0.15) is 26.7 Å². The van der Waals surface area contributed by atoms with Gasteiger partial charge >= 0.3 is 0 Å². The molecule has 0 aromatic heterocycles. The molecule has 1 aromatic rings. The van der Waals surface area contributed by atoms with Crippen LogP contribution < -0.4 is 5.32 Å². The first kappa shape index (κ1) is 14.4. The van der Waals surface area contributed by atoms with Gasteiger partial charge in [-0.1, -0.05) is 30.2 Å². The van der Waals surface area contributed by atoms with Crippen molar-refractivity contribution in [1.82, 2.24) is 0 Å². The minimum Gasteiger partial charge on any atom is -0.394 e. The van der Waals surface area contributed by atoms with Crippen molar-refractivity contribution in [3.63, 3.8) is 0 Å². The highest BCUT2D eigenvalue weighted by molar-refractivity contribution is 6.30. The number of aliphatic hydroxyl groups excluding tert-OH is 1. The van der Waals surface area contributed by atoms with E-state index in [-0.39, 0.29) is 12.6 Å². The standard InChI is InChI=1S/C16H22ClNO/c1-11-7-12(2)9-13(8-11)16(10-19)18-15-5-3-14(17)4-6-15/h3-7,11,13,16,18-19H,8-10H2,1-2H3. The van der Waals surface area contributed by atoms with Crippen LogP contribution in [0.15, 0.2) is 35.9 Å². The van der Waals surface area contributed by atoms with Crippen molar-refractivity contribution >= 4 is 17.3 Å².